The summed E-state index contributed by atoms with van der Waals surface area (Å²) in [5, 5.41) is 3.49. The third-order valence-corrected chi connectivity index (χ3v) is 6.27. The maximum Gasteiger partial charge on any atom is 0.273 e. The number of hydrogen-bond donors (Lipinski definition) is 1. The van der Waals surface area contributed by atoms with Gasteiger partial charge in [0.25, 0.3) is 11.8 Å². The van der Waals surface area contributed by atoms with Crippen LogP contribution in [-0.4, -0.2) is 60.2 Å². The molecule has 3 heterocycles. The molecular weight excluding hydrogens is 457 g/mol. The zero-order chi connectivity index (χ0) is 22.5. The van der Waals surface area contributed by atoms with E-state index in [4.69, 9.17) is 37.1 Å². The van der Waals surface area contributed by atoms with Gasteiger partial charge in [-0.1, -0.05) is 23.2 Å². The molecule has 0 aliphatic carbocycles. The summed E-state index contributed by atoms with van der Waals surface area (Å²) in [7, 11) is 0. The van der Waals surface area contributed by atoms with E-state index in [9.17, 15) is 9.59 Å². The van der Waals surface area contributed by atoms with Gasteiger partial charge in [-0.15, -0.1) is 0 Å². The average molecular weight is 482 g/mol. The van der Waals surface area contributed by atoms with Crippen molar-refractivity contribution in [3.05, 3.63) is 51.7 Å². The van der Waals surface area contributed by atoms with E-state index in [1.807, 2.05) is 0 Å². The smallest absolute Gasteiger partial charge is 0.273 e. The molecule has 0 radical (unpaired) electrons. The van der Waals surface area contributed by atoms with E-state index in [-0.39, 0.29) is 42.2 Å². The van der Waals surface area contributed by atoms with Crippen molar-refractivity contribution in [3.8, 4) is 0 Å². The molecule has 2 aromatic rings. The summed E-state index contributed by atoms with van der Waals surface area (Å²) in [6.07, 6.45) is 5.03. The summed E-state index contributed by atoms with van der Waals surface area (Å²) in [6.45, 7) is 2.30. The molecule has 2 amide bonds. The minimum atomic E-state index is -0.336. The topological polar surface area (TPSA) is 93.9 Å². The van der Waals surface area contributed by atoms with Crippen LogP contribution in [0.5, 0.6) is 0 Å². The first kappa shape index (κ1) is 23.0. The fourth-order valence-corrected chi connectivity index (χ4v) is 4.12. The monoisotopic (exact) mass is 481 g/mol. The second-order valence-electron chi connectivity index (χ2n) is 7.92. The summed E-state index contributed by atoms with van der Waals surface area (Å²) in [4.78, 5) is 31.5. The lowest BCUT2D eigenvalue weighted by atomic mass is 10.1. The standard InChI is InChI=1S/C22H25Cl2N3O5/c23-17-6-5-14(9-18(17)24)22(29)27(11-16-4-2-8-31-16)12-20-26-19(13-32-20)21(28)25-10-15-3-1-7-30-15/h5-6,9,13,15-16H,1-4,7-8,10-12H2,(H,25,28). The molecule has 1 N–H and O–H groups in total. The van der Waals surface area contributed by atoms with Gasteiger partial charge >= 0.3 is 0 Å². The van der Waals surface area contributed by atoms with Gasteiger partial charge < -0.3 is 24.1 Å². The summed E-state index contributed by atoms with van der Waals surface area (Å²) >= 11 is 12.1. The number of carbonyl (C=O) groups is 2. The molecule has 0 spiro atoms. The van der Waals surface area contributed by atoms with Crippen LogP contribution in [0.3, 0.4) is 0 Å². The molecule has 2 fully saturated rings. The Labute approximate surface area is 196 Å². The number of benzene rings is 1. The number of carbonyl (C=O) groups excluding carboxylic acids is 2. The van der Waals surface area contributed by atoms with Crippen molar-refractivity contribution >= 4 is 35.0 Å². The maximum absolute atomic E-state index is 13.2. The number of nitrogens with zero attached hydrogens (tertiary/aromatic N) is 2. The molecule has 0 bridgehead atoms. The largest absolute Gasteiger partial charge is 0.446 e. The summed E-state index contributed by atoms with van der Waals surface area (Å²) < 4.78 is 16.7. The predicted octanol–water partition coefficient (Wildman–Crippen LogP) is 3.71. The van der Waals surface area contributed by atoms with E-state index in [0.717, 1.165) is 32.3 Å². The first-order valence-electron chi connectivity index (χ1n) is 10.7. The van der Waals surface area contributed by atoms with Crippen molar-refractivity contribution in [2.24, 2.45) is 0 Å². The van der Waals surface area contributed by atoms with Gasteiger partial charge in [-0.2, -0.15) is 0 Å². The van der Waals surface area contributed by atoms with Crippen LogP contribution in [0.1, 0.15) is 52.4 Å². The molecule has 2 unspecified atom stereocenters. The highest BCUT2D eigenvalue weighted by Gasteiger charge is 2.26. The second-order valence-corrected chi connectivity index (χ2v) is 8.74. The fraction of sp³-hybridized carbons (Fsp3) is 0.500. The molecule has 2 saturated heterocycles. The van der Waals surface area contributed by atoms with Crippen LogP contribution in [0.4, 0.5) is 0 Å². The van der Waals surface area contributed by atoms with E-state index in [2.05, 4.69) is 10.3 Å². The number of amides is 2. The predicted molar refractivity (Wildman–Crippen MR) is 118 cm³/mol. The summed E-state index contributed by atoms with van der Waals surface area (Å²) in [6, 6.07) is 4.75. The number of aromatic nitrogens is 1. The van der Waals surface area contributed by atoms with Crippen molar-refractivity contribution in [1.82, 2.24) is 15.2 Å². The molecule has 32 heavy (non-hydrogen) atoms. The van der Waals surface area contributed by atoms with Crippen LogP contribution in [-0.2, 0) is 16.0 Å². The molecule has 0 saturated carbocycles. The van der Waals surface area contributed by atoms with Gasteiger partial charge in [-0.05, 0) is 43.9 Å². The zero-order valence-corrected chi connectivity index (χ0v) is 19.0. The molecule has 4 rings (SSSR count). The van der Waals surface area contributed by atoms with Crippen LogP contribution < -0.4 is 5.32 Å². The van der Waals surface area contributed by atoms with E-state index >= 15 is 0 Å². The van der Waals surface area contributed by atoms with Gasteiger partial charge in [0, 0.05) is 31.9 Å². The van der Waals surface area contributed by atoms with Crippen LogP contribution in [0.25, 0.3) is 0 Å². The quantitative estimate of drug-likeness (QED) is 0.617. The van der Waals surface area contributed by atoms with E-state index in [1.165, 1.54) is 12.3 Å². The van der Waals surface area contributed by atoms with E-state index in [0.29, 0.717) is 35.3 Å². The van der Waals surface area contributed by atoms with Crippen molar-refractivity contribution < 1.29 is 23.5 Å². The maximum atomic E-state index is 13.2. The summed E-state index contributed by atoms with van der Waals surface area (Å²) in [5.74, 6) is -0.322. The zero-order valence-electron chi connectivity index (χ0n) is 17.5. The molecule has 2 aliphatic rings. The lowest BCUT2D eigenvalue weighted by molar-refractivity contribution is 0.0487. The average Bonchev–Trinajstić information content (AvgIpc) is 3.56. The number of rotatable bonds is 8. The summed E-state index contributed by atoms with van der Waals surface area (Å²) in [5.41, 5.74) is 0.565. The SMILES string of the molecule is O=C(NCC1CCCO1)c1coc(CN(CC2CCCO2)C(=O)c2ccc(Cl)c(Cl)c2)n1. The van der Waals surface area contributed by atoms with Gasteiger partial charge in [-0.3, -0.25) is 9.59 Å². The second kappa shape index (κ2) is 10.7. The minimum Gasteiger partial charge on any atom is -0.446 e. The molecule has 172 valence electrons. The molecule has 8 nitrogen and oxygen atoms in total. The number of ether oxygens (including phenoxy) is 2. The lowest BCUT2D eigenvalue weighted by Crippen LogP contribution is -2.37. The number of hydrogen-bond acceptors (Lipinski definition) is 6. The van der Waals surface area contributed by atoms with Gasteiger partial charge in [0.15, 0.2) is 5.69 Å². The van der Waals surface area contributed by atoms with Crippen molar-refractivity contribution in [3.63, 3.8) is 0 Å². The molecule has 1 aromatic carbocycles. The Bertz CT molecular complexity index is 955. The fourth-order valence-electron chi connectivity index (χ4n) is 3.82. The Kier molecular flexibility index (Phi) is 7.67. The normalized spacial score (nSPS) is 20.4. The molecule has 10 heteroatoms. The Morgan fingerprint density at radius 1 is 1.09 bits per heavy atom. The van der Waals surface area contributed by atoms with Gasteiger partial charge in [0.2, 0.25) is 5.89 Å². The Balaban J connectivity index is 1.43. The van der Waals surface area contributed by atoms with E-state index < -0.39 is 0 Å². The molecule has 2 aliphatic heterocycles. The Morgan fingerprint density at radius 2 is 1.84 bits per heavy atom. The third kappa shape index (κ3) is 5.81. The number of nitrogens with one attached hydrogen (secondary N) is 1. The molecular formula is C22H25Cl2N3O5. The van der Waals surface area contributed by atoms with Crippen LogP contribution >= 0.6 is 23.2 Å². The number of halogens is 2. The van der Waals surface area contributed by atoms with Crippen LogP contribution in [0.15, 0.2) is 28.9 Å². The van der Waals surface area contributed by atoms with Gasteiger partial charge in [0.05, 0.1) is 28.8 Å². The Morgan fingerprint density at radius 3 is 2.53 bits per heavy atom. The minimum absolute atomic E-state index is 0.0380. The highest BCUT2D eigenvalue weighted by Crippen LogP contribution is 2.24. The molecule has 1 aromatic heterocycles. The van der Waals surface area contributed by atoms with Crippen molar-refractivity contribution in [2.45, 2.75) is 44.4 Å². The van der Waals surface area contributed by atoms with Gasteiger partial charge in [-0.25, -0.2) is 4.98 Å². The van der Waals surface area contributed by atoms with Crippen molar-refractivity contribution in [2.75, 3.05) is 26.3 Å². The molecule has 2 atom stereocenters. The third-order valence-electron chi connectivity index (χ3n) is 5.53. The van der Waals surface area contributed by atoms with Crippen molar-refractivity contribution in [1.29, 1.82) is 0 Å². The number of oxazole rings is 1. The van der Waals surface area contributed by atoms with Crippen LogP contribution in [0.2, 0.25) is 10.0 Å². The highest BCUT2D eigenvalue weighted by molar-refractivity contribution is 6.42. The highest BCUT2D eigenvalue weighted by atomic mass is 35.5. The van der Waals surface area contributed by atoms with E-state index in [1.54, 1.807) is 17.0 Å². The Hall–Kier alpha value is -2.13. The lowest BCUT2D eigenvalue weighted by Gasteiger charge is -2.24. The van der Waals surface area contributed by atoms with Crippen LogP contribution in [0, 0.1) is 0 Å². The van der Waals surface area contributed by atoms with Gasteiger partial charge in [0.1, 0.15) is 6.26 Å². The first-order chi connectivity index (χ1) is 15.5. The first-order valence-corrected chi connectivity index (χ1v) is 11.5.